The number of hydrogen-bond acceptors (Lipinski definition) is 4. The fraction of sp³-hybridized carbons (Fsp3) is 0.562. The number of aryl methyl sites for hydroxylation is 1. The molecule has 1 atom stereocenters. The molecule has 0 saturated carbocycles. The normalized spacial score (nSPS) is 20.4. The van der Waals surface area contributed by atoms with Gasteiger partial charge in [-0.25, -0.2) is 0 Å². The van der Waals surface area contributed by atoms with Crippen molar-refractivity contribution < 1.29 is 4.79 Å². The van der Waals surface area contributed by atoms with Gasteiger partial charge in [0.05, 0.1) is 0 Å². The van der Waals surface area contributed by atoms with Crippen LogP contribution in [0.5, 0.6) is 0 Å². The van der Waals surface area contributed by atoms with E-state index in [-0.39, 0.29) is 5.91 Å². The molecule has 1 heterocycles. The van der Waals surface area contributed by atoms with Crippen molar-refractivity contribution in [1.29, 1.82) is 0 Å². The molecule has 0 aliphatic carbocycles. The summed E-state index contributed by atoms with van der Waals surface area (Å²) >= 11 is 0. The van der Waals surface area contributed by atoms with Crippen LogP contribution in [-0.4, -0.2) is 55.0 Å². The summed E-state index contributed by atoms with van der Waals surface area (Å²) in [6, 6.07) is 6.10. The van der Waals surface area contributed by atoms with Crippen LogP contribution in [0.3, 0.4) is 0 Å². The van der Waals surface area contributed by atoms with E-state index in [0.29, 0.717) is 12.5 Å². The first kappa shape index (κ1) is 15.8. The number of amides is 1. The first-order valence-corrected chi connectivity index (χ1v) is 7.54. The van der Waals surface area contributed by atoms with Crippen molar-refractivity contribution in [2.75, 3.05) is 44.3 Å². The predicted molar refractivity (Wildman–Crippen MR) is 87.4 cm³/mol. The molecule has 2 rings (SSSR count). The summed E-state index contributed by atoms with van der Waals surface area (Å²) in [5, 5.41) is 2.97. The number of piperazine rings is 1. The van der Waals surface area contributed by atoms with Crippen LogP contribution >= 0.6 is 0 Å². The summed E-state index contributed by atoms with van der Waals surface area (Å²) < 4.78 is 0. The fourth-order valence-electron chi connectivity index (χ4n) is 2.63. The zero-order valence-corrected chi connectivity index (χ0v) is 13.2. The van der Waals surface area contributed by atoms with Crippen molar-refractivity contribution in [3.05, 3.63) is 23.8 Å². The lowest BCUT2D eigenvalue weighted by atomic mass is 10.1. The topological polar surface area (TPSA) is 61.6 Å². The minimum absolute atomic E-state index is 0.0643. The monoisotopic (exact) mass is 290 g/mol. The third-order valence-electron chi connectivity index (χ3n) is 4.22. The van der Waals surface area contributed by atoms with Crippen LogP contribution in [0.2, 0.25) is 0 Å². The first-order valence-electron chi connectivity index (χ1n) is 7.54. The standard InChI is InChI=1S/C16H26N4O/c1-12-10-14(17)4-5-15(12)18-16(21)6-7-20-9-8-19(3)13(2)11-20/h4-5,10,13H,6-9,11,17H2,1-3H3,(H,18,21). The van der Waals surface area contributed by atoms with Gasteiger partial charge in [-0.1, -0.05) is 0 Å². The Morgan fingerprint density at radius 3 is 2.86 bits per heavy atom. The van der Waals surface area contributed by atoms with Gasteiger partial charge in [-0.2, -0.15) is 0 Å². The number of rotatable bonds is 4. The molecule has 1 aromatic carbocycles. The Morgan fingerprint density at radius 1 is 1.43 bits per heavy atom. The number of nitrogens with zero attached hydrogens (tertiary/aromatic N) is 2. The molecule has 3 N–H and O–H groups in total. The lowest BCUT2D eigenvalue weighted by Crippen LogP contribution is -2.50. The molecule has 0 spiro atoms. The molecule has 1 aromatic rings. The van der Waals surface area contributed by atoms with E-state index < -0.39 is 0 Å². The van der Waals surface area contributed by atoms with Crippen molar-refractivity contribution in [2.24, 2.45) is 0 Å². The van der Waals surface area contributed by atoms with Gasteiger partial charge in [0.2, 0.25) is 5.91 Å². The highest BCUT2D eigenvalue weighted by Crippen LogP contribution is 2.17. The Balaban J connectivity index is 1.80. The summed E-state index contributed by atoms with van der Waals surface area (Å²) in [7, 11) is 2.15. The summed E-state index contributed by atoms with van der Waals surface area (Å²) in [5.74, 6) is 0.0643. The summed E-state index contributed by atoms with van der Waals surface area (Å²) in [6.07, 6.45) is 0.528. The molecule has 0 aromatic heterocycles. The van der Waals surface area contributed by atoms with E-state index in [4.69, 9.17) is 5.73 Å². The molecule has 1 aliphatic rings. The number of anilines is 2. The van der Waals surface area contributed by atoms with Gasteiger partial charge in [-0.05, 0) is 44.7 Å². The number of benzene rings is 1. The minimum atomic E-state index is 0.0643. The van der Waals surface area contributed by atoms with Crippen LogP contribution < -0.4 is 11.1 Å². The average Bonchev–Trinajstić information content (AvgIpc) is 2.43. The maximum atomic E-state index is 12.1. The van der Waals surface area contributed by atoms with Gasteiger partial charge in [0.1, 0.15) is 0 Å². The molecule has 1 aliphatic heterocycles. The average molecular weight is 290 g/mol. The van der Waals surface area contributed by atoms with E-state index in [1.807, 2.05) is 25.1 Å². The molecule has 1 saturated heterocycles. The second kappa shape index (κ2) is 6.91. The molecular formula is C16H26N4O. The Hall–Kier alpha value is -1.59. The van der Waals surface area contributed by atoms with E-state index in [1.165, 1.54) is 0 Å². The lowest BCUT2D eigenvalue weighted by molar-refractivity contribution is -0.116. The second-order valence-electron chi connectivity index (χ2n) is 6.00. The molecule has 5 heteroatoms. The van der Waals surface area contributed by atoms with Crippen LogP contribution in [-0.2, 0) is 4.79 Å². The number of nitrogens with one attached hydrogen (secondary N) is 1. The second-order valence-corrected chi connectivity index (χ2v) is 6.00. The lowest BCUT2D eigenvalue weighted by Gasteiger charge is -2.37. The SMILES string of the molecule is Cc1cc(N)ccc1NC(=O)CCN1CCN(C)C(C)C1. The number of carbonyl (C=O) groups is 1. The molecule has 5 nitrogen and oxygen atoms in total. The van der Waals surface area contributed by atoms with Gasteiger partial charge in [0.25, 0.3) is 0 Å². The summed E-state index contributed by atoms with van der Waals surface area (Å²) in [5.41, 5.74) is 8.28. The Morgan fingerprint density at radius 2 is 2.19 bits per heavy atom. The first-order chi connectivity index (χ1) is 9.95. The van der Waals surface area contributed by atoms with Crippen LogP contribution in [0.1, 0.15) is 18.9 Å². The highest BCUT2D eigenvalue weighted by Gasteiger charge is 2.20. The quantitative estimate of drug-likeness (QED) is 0.826. The molecule has 1 amide bonds. The third kappa shape index (κ3) is 4.44. The predicted octanol–water partition coefficient (Wildman–Crippen LogP) is 1.54. The molecule has 0 bridgehead atoms. The van der Waals surface area contributed by atoms with E-state index >= 15 is 0 Å². The fourth-order valence-corrected chi connectivity index (χ4v) is 2.63. The third-order valence-corrected chi connectivity index (χ3v) is 4.22. The Labute approximate surface area is 127 Å². The van der Waals surface area contributed by atoms with Gasteiger partial charge >= 0.3 is 0 Å². The van der Waals surface area contributed by atoms with E-state index in [1.54, 1.807) is 0 Å². The van der Waals surface area contributed by atoms with Crippen molar-refractivity contribution >= 4 is 17.3 Å². The molecule has 21 heavy (non-hydrogen) atoms. The molecule has 0 radical (unpaired) electrons. The van der Waals surface area contributed by atoms with Crippen LogP contribution in [0.15, 0.2) is 18.2 Å². The van der Waals surface area contributed by atoms with Crippen LogP contribution in [0.4, 0.5) is 11.4 Å². The van der Waals surface area contributed by atoms with Gasteiger partial charge < -0.3 is 20.9 Å². The summed E-state index contributed by atoms with van der Waals surface area (Å²) in [6.45, 7) is 8.13. The number of hydrogen-bond donors (Lipinski definition) is 2. The van der Waals surface area contributed by atoms with Crippen molar-refractivity contribution in [3.63, 3.8) is 0 Å². The largest absolute Gasteiger partial charge is 0.399 e. The molecule has 1 fully saturated rings. The Bertz CT molecular complexity index is 503. The van der Waals surface area contributed by atoms with Gasteiger partial charge in [0.15, 0.2) is 0 Å². The van der Waals surface area contributed by atoms with Crippen LogP contribution in [0.25, 0.3) is 0 Å². The minimum Gasteiger partial charge on any atom is -0.399 e. The smallest absolute Gasteiger partial charge is 0.225 e. The molecular weight excluding hydrogens is 264 g/mol. The zero-order valence-electron chi connectivity index (χ0n) is 13.2. The van der Waals surface area contributed by atoms with Crippen molar-refractivity contribution in [1.82, 2.24) is 9.80 Å². The number of nitrogen functional groups attached to an aromatic ring is 1. The maximum absolute atomic E-state index is 12.1. The molecule has 1 unspecified atom stereocenters. The van der Waals surface area contributed by atoms with Crippen LogP contribution in [0, 0.1) is 6.92 Å². The number of nitrogens with two attached hydrogens (primary N) is 1. The highest BCUT2D eigenvalue weighted by molar-refractivity contribution is 5.91. The van der Waals surface area contributed by atoms with Gasteiger partial charge in [0, 0.05) is 50.0 Å². The number of carbonyl (C=O) groups excluding carboxylic acids is 1. The maximum Gasteiger partial charge on any atom is 0.225 e. The molecule has 116 valence electrons. The highest BCUT2D eigenvalue weighted by atomic mass is 16.1. The van der Waals surface area contributed by atoms with E-state index in [9.17, 15) is 4.79 Å². The van der Waals surface area contributed by atoms with Crippen molar-refractivity contribution in [3.8, 4) is 0 Å². The van der Waals surface area contributed by atoms with Gasteiger partial charge in [-0.15, -0.1) is 0 Å². The number of likely N-dealkylation sites (N-methyl/N-ethyl adjacent to an activating group) is 1. The van der Waals surface area contributed by atoms with Crippen molar-refractivity contribution in [2.45, 2.75) is 26.3 Å². The zero-order chi connectivity index (χ0) is 15.4. The summed E-state index contributed by atoms with van der Waals surface area (Å²) in [4.78, 5) is 16.8. The van der Waals surface area contributed by atoms with E-state index in [2.05, 4.69) is 29.1 Å². The Kier molecular flexibility index (Phi) is 5.20. The van der Waals surface area contributed by atoms with E-state index in [0.717, 1.165) is 43.1 Å². The van der Waals surface area contributed by atoms with Gasteiger partial charge in [-0.3, -0.25) is 4.79 Å².